The molecule has 3 N–H and O–H groups in total. The van der Waals surface area contributed by atoms with E-state index in [4.69, 9.17) is 10.8 Å². The number of carbonyl (C=O) groups is 1. The minimum absolute atomic E-state index is 0.0454. The molecule has 0 bridgehead atoms. The number of hydrogen-bond acceptors (Lipinski definition) is 3. The summed E-state index contributed by atoms with van der Waals surface area (Å²) >= 11 is 0. The highest BCUT2D eigenvalue weighted by molar-refractivity contribution is 5.68. The largest absolute Gasteiger partial charge is 0.481 e. The maximum absolute atomic E-state index is 11.1. The van der Waals surface area contributed by atoms with Gasteiger partial charge in [0.1, 0.15) is 0 Å². The van der Waals surface area contributed by atoms with Gasteiger partial charge in [-0.1, -0.05) is 27.7 Å². The van der Waals surface area contributed by atoms with Crippen LogP contribution in [-0.2, 0) is 17.3 Å². The zero-order chi connectivity index (χ0) is 14.8. The van der Waals surface area contributed by atoms with E-state index < -0.39 is 5.97 Å². The van der Waals surface area contributed by atoms with Crippen molar-refractivity contribution >= 4 is 5.97 Å². The average molecular weight is 267 g/mol. The standard InChI is InChI=1S/C14H25N3O2/c1-6-11(15)9(7-12(18)19)10-8-17(5)16-13(10)14(2,3)4/h8-9,11H,6-7,15H2,1-5H3,(H,18,19). The molecule has 0 aromatic carbocycles. The van der Waals surface area contributed by atoms with E-state index in [1.807, 2.05) is 20.2 Å². The summed E-state index contributed by atoms with van der Waals surface area (Å²) in [6, 6.07) is -0.165. The summed E-state index contributed by atoms with van der Waals surface area (Å²) in [4.78, 5) is 11.1. The molecule has 2 atom stereocenters. The predicted octanol–water partition coefficient (Wildman–Crippen LogP) is 2.01. The number of carboxylic acids is 1. The molecule has 0 saturated heterocycles. The smallest absolute Gasteiger partial charge is 0.304 e. The summed E-state index contributed by atoms with van der Waals surface area (Å²) in [5.41, 5.74) is 7.89. The summed E-state index contributed by atoms with van der Waals surface area (Å²) in [7, 11) is 1.86. The first-order valence-electron chi connectivity index (χ1n) is 6.68. The topological polar surface area (TPSA) is 81.1 Å². The number of nitrogens with zero attached hydrogens (tertiary/aromatic N) is 2. The number of aliphatic carboxylic acids is 1. The van der Waals surface area contributed by atoms with Gasteiger partial charge in [0.25, 0.3) is 0 Å². The fourth-order valence-corrected chi connectivity index (χ4v) is 2.33. The molecular formula is C14H25N3O2. The summed E-state index contributed by atoms with van der Waals surface area (Å²) in [5, 5.41) is 13.6. The number of rotatable bonds is 5. The molecular weight excluding hydrogens is 242 g/mol. The van der Waals surface area contributed by atoms with Crippen LogP contribution < -0.4 is 5.73 Å². The molecule has 0 aliphatic carbocycles. The molecule has 1 aromatic heterocycles. The Kier molecular flexibility index (Phi) is 4.74. The third kappa shape index (κ3) is 3.80. The first kappa shape index (κ1) is 15.7. The Morgan fingerprint density at radius 2 is 2.11 bits per heavy atom. The van der Waals surface area contributed by atoms with Gasteiger partial charge in [-0.3, -0.25) is 9.48 Å². The Balaban J connectivity index is 3.25. The van der Waals surface area contributed by atoms with Crippen molar-refractivity contribution in [2.45, 2.75) is 57.9 Å². The van der Waals surface area contributed by atoms with E-state index >= 15 is 0 Å². The quantitative estimate of drug-likeness (QED) is 0.855. The van der Waals surface area contributed by atoms with Crippen molar-refractivity contribution in [2.75, 3.05) is 0 Å². The summed E-state index contributed by atoms with van der Waals surface area (Å²) in [5.74, 6) is -1.01. The van der Waals surface area contributed by atoms with Gasteiger partial charge < -0.3 is 10.8 Å². The molecule has 1 aromatic rings. The van der Waals surface area contributed by atoms with Crippen LogP contribution in [0.15, 0.2) is 6.20 Å². The van der Waals surface area contributed by atoms with Crippen LogP contribution in [-0.4, -0.2) is 26.9 Å². The van der Waals surface area contributed by atoms with E-state index in [2.05, 4.69) is 25.9 Å². The van der Waals surface area contributed by atoms with Crippen molar-refractivity contribution in [1.82, 2.24) is 9.78 Å². The second kappa shape index (κ2) is 5.74. The normalized spacial score (nSPS) is 15.3. The lowest BCUT2D eigenvalue weighted by Crippen LogP contribution is -2.31. The van der Waals surface area contributed by atoms with Gasteiger partial charge in [-0.05, 0) is 12.0 Å². The number of nitrogens with two attached hydrogens (primary N) is 1. The SMILES string of the molecule is CCC(N)C(CC(=O)O)c1cn(C)nc1C(C)(C)C. The second-order valence-corrected chi connectivity index (χ2v) is 6.13. The van der Waals surface area contributed by atoms with Crippen LogP contribution in [0.1, 0.15) is 57.7 Å². The van der Waals surface area contributed by atoms with Crippen LogP contribution in [0.5, 0.6) is 0 Å². The third-order valence-electron chi connectivity index (χ3n) is 3.35. The molecule has 0 fully saturated rings. The summed E-state index contributed by atoms with van der Waals surface area (Å²) in [6.45, 7) is 8.21. The Morgan fingerprint density at radius 1 is 1.53 bits per heavy atom. The zero-order valence-electron chi connectivity index (χ0n) is 12.5. The van der Waals surface area contributed by atoms with Gasteiger partial charge in [-0.25, -0.2) is 0 Å². The molecule has 5 heteroatoms. The number of aromatic nitrogens is 2. The Morgan fingerprint density at radius 3 is 2.53 bits per heavy atom. The van der Waals surface area contributed by atoms with Crippen LogP contribution in [0.4, 0.5) is 0 Å². The van der Waals surface area contributed by atoms with Gasteiger partial charge in [0.15, 0.2) is 0 Å². The molecule has 1 heterocycles. The fourth-order valence-electron chi connectivity index (χ4n) is 2.33. The Hall–Kier alpha value is -1.36. The average Bonchev–Trinajstić information content (AvgIpc) is 2.66. The van der Waals surface area contributed by atoms with Gasteiger partial charge in [-0.2, -0.15) is 5.10 Å². The predicted molar refractivity (Wildman–Crippen MR) is 75.2 cm³/mol. The summed E-state index contributed by atoms with van der Waals surface area (Å²) < 4.78 is 1.74. The van der Waals surface area contributed by atoms with Crippen molar-refractivity contribution in [3.8, 4) is 0 Å². The van der Waals surface area contributed by atoms with Crippen molar-refractivity contribution < 1.29 is 9.90 Å². The molecule has 5 nitrogen and oxygen atoms in total. The number of hydrogen-bond donors (Lipinski definition) is 2. The van der Waals surface area contributed by atoms with Crippen LogP contribution >= 0.6 is 0 Å². The van der Waals surface area contributed by atoms with Crippen LogP contribution in [0, 0.1) is 0 Å². The Labute approximate surface area is 114 Å². The molecule has 2 unspecified atom stereocenters. The second-order valence-electron chi connectivity index (χ2n) is 6.13. The van der Waals surface area contributed by atoms with Crippen molar-refractivity contribution in [1.29, 1.82) is 0 Å². The maximum atomic E-state index is 11.1. The number of carboxylic acid groups (broad SMARTS) is 1. The van der Waals surface area contributed by atoms with E-state index in [0.717, 1.165) is 17.7 Å². The van der Waals surface area contributed by atoms with E-state index in [0.29, 0.717) is 0 Å². The van der Waals surface area contributed by atoms with Crippen molar-refractivity contribution in [3.63, 3.8) is 0 Å². The minimum atomic E-state index is -0.822. The van der Waals surface area contributed by atoms with E-state index in [9.17, 15) is 4.79 Å². The molecule has 0 spiro atoms. The lowest BCUT2D eigenvalue weighted by molar-refractivity contribution is -0.137. The van der Waals surface area contributed by atoms with Crippen LogP contribution in [0.3, 0.4) is 0 Å². The van der Waals surface area contributed by atoms with Gasteiger partial charge in [-0.15, -0.1) is 0 Å². The molecule has 19 heavy (non-hydrogen) atoms. The van der Waals surface area contributed by atoms with Crippen molar-refractivity contribution in [3.05, 3.63) is 17.5 Å². The molecule has 108 valence electrons. The van der Waals surface area contributed by atoms with E-state index in [1.165, 1.54) is 0 Å². The van der Waals surface area contributed by atoms with Gasteiger partial charge in [0, 0.05) is 30.6 Å². The first-order chi connectivity index (χ1) is 8.66. The van der Waals surface area contributed by atoms with Crippen molar-refractivity contribution in [2.24, 2.45) is 12.8 Å². The molecule has 0 saturated carbocycles. The Bertz CT molecular complexity index is 446. The van der Waals surface area contributed by atoms with E-state index in [1.54, 1.807) is 4.68 Å². The first-order valence-corrected chi connectivity index (χ1v) is 6.68. The molecule has 1 rings (SSSR count). The van der Waals surface area contributed by atoms with Crippen LogP contribution in [0.25, 0.3) is 0 Å². The highest BCUT2D eigenvalue weighted by atomic mass is 16.4. The maximum Gasteiger partial charge on any atom is 0.304 e. The lowest BCUT2D eigenvalue weighted by atomic mass is 9.81. The zero-order valence-corrected chi connectivity index (χ0v) is 12.5. The lowest BCUT2D eigenvalue weighted by Gasteiger charge is -2.25. The monoisotopic (exact) mass is 267 g/mol. The minimum Gasteiger partial charge on any atom is -0.481 e. The van der Waals surface area contributed by atoms with Crippen LogP contribution in [0.2, 0.25) is 0 Å². The summed E-state index contributed by atoms with van der Waals surface area (Å²) in [6.07, 6.45) is 2.70. The highest BCUT2D eigenvalue weighted by Gasteiger charge is 2.30. The molecule has 0 aliphatic heterocycles. The van der Waals surface area contributed by atoms with E-state index in [-0.39, 0.29) is 23.8 Å². The number of aryl methyl sites for hydroxylation is 1. The van der Waals surface area contributed by atoms with Gasteiger partial charge in [0.05, 0.1) is 12.1 Å². The highest BCUT2D eigenvalue weighted by Crippen LogP contribution is 2.33. The fraction of sp³-hybridized carbons (Fsp3) is 0.714. The van der Waals surface area contributed by atoms with Gasteiger partial charge >= 0.3 is 5.97 Å². The molecule has 0 amide bonds. The van der Waals surface area contributed by atoms with Gasteiger partial charge in [0.2, 0.25) is 0 Å². The third-order valence-corrected chi connectivity index (χ3v) is 3.35. The molecule has 0 radical (unpaired) electrons. The molecule has 0 aliphatic rings.